The quantitative estimate of drug-likeness (QED) is 0.664. The monoisotopic (exact) mass is 226 g/mol. The SMILES string of the molecule is CC(=O)CC(CC(C)(C)C(C)(C)C)C(C)C. The molecule has 0 aromatic rings. The van der Waals surface area contributed by atoms with Crippen LogP contribution < -0.4 is 0 Å². The van der Waals surface area contributed by atoms with Crippen LogP contribution in [0.4, 0.5) is 0 Å². The normalized spacial score (nSPS) is 15.3. The molecule has 0 aliphatic rings. The fraction of sp³-hybridized carbons (Fsp3) is 0.933. The van der Waals surface area contributed by atoms with E-state index in [1.54, 1.807) is 6.92 Å². The molecule has 0 heterocycles. The Morgan fingerprint density at radius 1 is 1.06 bits per heavy atom. The van der Waals surface area contributed by atoms with Crippen molar-refractivity contribution in [2.24, 2.45) is 22.7 Å². The van der Waals surface area contributed by atoms with Gasteiger partial charge in [-0.15, -0.1) is 0 Å². The largest absolute Gasteiger partial charge is 0.300 e. The zero-order valence-corrected chi connectivity index (χ0v) is 12.5. The maximum Gasteiger partial charge on any atom is 0.130 e. The molecule has 1 atom stereocenters. The standard InChI is InChI=1S/C15H30O/c1-11(2)13(9-12(3)16)10-15(7,8)14(4,5)6/h11,13H,9-10H2,1-8H3. The van der Waals surface area contributed by atoms with Gasteiger partial charge in [0.25, 0.3) is 0 Å². The lowest BCUT2D eigenvalue weighted by molar-refractivity contribution is -0.118. The number of rotatable bonds is 5. The molecule has 0 rings (SSSR count). The summed E-state index contributed by atoms with van der Waals surface area (Å²) in [6, 6.07) is 0. The summed E-state index contributed by atoms with van der Waals surface area (Å²) in [6.45, 7) is 17.7. The second-order valence-corrected chi connectivity index (χ2v) is 7.25. The first kappa shape index (κ1) is 15.7. The Hall–Kier alpha value is -0.330. The Labute approximate surface area is 102 Å². The van der Waals surface area contributed by atoms with Crippen molar-refractivity contribution in [3.8, 4) is 0 Å². The maximum absolute atomic E-state index is 11.3. The third-order valence-corrected chi connectivity index (χ3v) is 4.30. The van der Waals surface area contributed by atoms with Crippen LogP contribution in [-0.2, 0) is 4.79 Å². The molecule has 0 bridgehead atoms. The fourth-order valence-electron chi connectivity index (χ4n) is 1.87. The molecule has 0 saturated heterocycles. The highest BCUT2D eigenvalue weighted by atomic mass is 16.1. The lowest BCUT2D eigenvalue weighted by Crippen LogP contribution is -2.33. The molecule has 1 nitrogen and oxygen atoms in total. The first-order chi connectivity index (χ1) is 6.97. The van der Waals surface area contributed by atoms with Gasteiger partial charge in [0.2, 0.25) is 0 Å². The van der Waals surface area contributed by atoms with E-state index in [2.05, 4.69) is 48.5 Å². The second-order valence-electron chi connectivity index (χ2n) is 7.25. The third-order valence-electron chi connectivity index (χ3n) is 4.30. The Morgan fingerprint density at radius 3 is 1.75 bits per heavy atom. The number of carbonyl (C=O) groups is 1. The molecule has 1 unspecified atom stereocenters. The van der Waals surface area contributed by atoms with Crippen molar-refractivity contribution < 1.29 is 4.79 Å². The van der Waals surface area contributed by atoms with Crippen LogP contribution in [0.15, 0.2) is 0 Å². The Bertz CT molecular complexity index is 230. The predicted molar refractivity (Wildman–Crippen MR) is 71.5 cm³/mol. The molecule has 0 aromatic heterocycles. The van der Waals surface area contributed by atoms with Gasteiger partial charge in [-0.2, -0.15) is 0 Å². The highest BCUT2D eigenvalue weighted by molar-refractivity contribution is 5.75. The minimum absolute atomic E-state index is 0.275. The molecule has 1 heteroatoms. The van der Waals surface area contributed by atoms with Crippen molar-refractivity contribution >= 4 is 5.78 Å². The van der Waals surface area contributed by atoms with Gasteiger partial charge < -0.3 is 4.79 Å². The molecule has 16 heavy (non-hydrogen) atoms. The van der Waals surface area contributed by atoms with E-state index in [0.29, 0.717) is 17.6 Å². The van der Waals surface area contributed by atoms with Crippen molar-refractivity contribution in [3.63, 3.8) is 0 Å². The summed E-state index contributed by atoms with van der Waals surface area (Å²) in [7, 11) is 0. The zero-order valence-electron chi connectivity index (χ0n) is 12.5. The van der Waals surface area contributed by atoms with E-state index in [9.17, 15) is 4.79 Å². The lowest BCUT2D eigenvalue weighted by Gasteiger charge is -2.42. The van der Waals surface area contributed by atoms with Crippen LogP contribution in [-0.4, -0.2) is 5.78 Å². The van der Waals surface area contributed by atoms with E-state index >= 15 is 0 Å². The first-order valence-corrected chi connectivity index (χ1v) is 6.47. The molecule has 0 fully saturated rings. The Balaban J connectivity index is 4.69. The van der Waals surface area contributed by atoms with Gasteiger partial charge in [0.05, 0.1) is 0 Å². The number of ketones is 1. The highest BCUT2D eigenvalue weighted by Gasteiger charge is 2.35. The van der Waals surface area contributed by atoms with Crippen LogP contribution in [0.5, 0.6) is 0 Å². The molecule has 0 N–H and O–H groups in total. The van der Waals surface area contributed by atoms with Crippen molar-refractivity contribution in [3.05, 3.63) is 0 Å². The van der Waals surface area contributed by atoms with Crippen molar-refractivity contribution in [2.45, 2.75) is 68.2 Å². The Morgan fingerprint density at radius 2 is 1.50 bits per heavy atom. The first-order valence-electron chi connectivity index (χ1n) is 6.47. The van der Waals surface area contributed by atoms with Crippen LogP contribution >= 0.6 is 0 Å². The topological polar surface area (TPSA) is 17.1 Å². The maximum atomic E-state index is 11.3. The van der Waals surface area contributed by atoms with E-state index in [0.717, 1.165) is 12.8 Å². The van der Waals surface area contributed by atoms with E-state index in [1.165, 1.54) is 0 Å². The average Bonchev–Trinajstić information content (AvgIpc) is 1.98. The van der Waals surface area contributed by atoms with E-state index in [1.807, 2.05) is 0 Å². The predicted octanol–water partition coefficient (Wildman–Crippen LogP) is 4.70. The summed E-state index contributed by atoms with van der Waals surface area (Å²) < 4.78 is 0. The molecule has 0 amide bonds. The summed E-state index contributed by atoms with van der Waals surface area (Å²) >= 11 is 0. The second kappa shape index (κ2) is 5.33. The van der Waals surface area contributed by atoms with Gasteiger partial charge in [0, 0.05) is 6.42 Å². The molecule has 0 aliphatic carbocycles. The average molecular weight is 226 g/mol. The molecule has 0 saturated carbocycles. The third kappa shape index (κ3) is 4.67. The van der Waals surface area contributed by atoms with Crippen LogP contribution in [0.25, 0.3) is 0 Å². The summed E-state index contributed by atoms with van der Waals surface area (Å²) in [5.41, 5.74) is 0.564. The summed E-state index contributed by atoms with van der Waals surface area (Å²) in [5.74, 6) is 1.43. The number of carbonyl (C=O) groups excluding carboxylic acids is 1. The van der Waals surface area contributed by atoms with Crippen LogP contribution in [0.1, 0.15) is 68.2 Å². The molecule has 0 spiro atoms. The van der Waals surface area contributed by atoms with Gasteiger partial charge in [-0.1, -0.05) is 48.5 Å². The van der Waals surface area contributed by atoms with Crippen LogP contribution in [0.3, 0.4) is 0 Å². The molecule has 0 radical (unpaired) electrons. The van der Waals surface area contributed by atoms with Gasteiger partial charge in [0.15, 0.2) is 0 Å². The summed E-state index contributed by atoms with van der Waals surface area (Å²) in [5, 5.41) is 0. The van der Waals surface area contributed by atoms with Gasteiger partial charge in [-0.3, -0.25) is 0 Å². The molecule has 0 aliphatic heterocycles. The van der Waals surface area contributed by atoms with E-state index < -0.39 is 0 Å². The molecular formula is C15H30O. The number of Topliss-reactive ketones (excluding diaryl/α,β-unsaturated/α-hetero) is 1. The van der Waals surface area contributed by atoms with Gasteiger partial charge in [-0.05, 0) is 36.0 Å². The Kier molecular flexibility index (Phi) is 5.22. The smallest absolute Gasteiger partial charge is 0.130 e. The van der Waals surface area contributed by atoms with Crippen molar-refractivity contribution in [2.75, 3.05) is 0 Å². The number of hydrogen-bond acceptors (Lipinski definition) is 1. The molecular weight excluding hydrogens is 196 g/mol. The lowest BCUT2D eigenvalue weighted by atomic mass is 9.63. The molecule has 0 aromatic carbocycles. The van der Waals surface area contributed by atoms with Gasteiger partial charge in [-0.25, -0.2) is 0 Å². The minimum Gasteiger partial charge on any atom is -0.300 e. The van der Waals surface area contributed by atoms with Gasteiger partial charge >= 0.3 is 0 Å². The van der Waals surface area contributed by atoms with Crippen molar-refractivity contribution in [1.29, 1.82) is 0 Å². The minimum atomic E-state index is 0.275. The highest BCUT2D eigenvalue weighted by Crippen LogP contribution is 2.44. The fourth-order valence-corrected chi connectivity index (χ4v) is 1.87. The van der Waals surface area contributed by atoms with Crippen molar-refractivity contribution in [1.82, 2.24) is 0 Å². The molecule has 96 valence electrons. The zero-order chi connectivity index (χ0) is 13.1. The number of hydrogen-bond donors (Lipinski definition) is 0. The van der Waals surface area contributed by atoms with E-state index in [4.69, 9.17) is 0 Å². The van der Waals surface area contributed by atoms with Gasteiger partial charge in [0.1, 0.15) is 5.78 Å². The summed E-state index contributed by atoms with van der Waals surface area (Å²) in [6.07, 6.45) is 1.87. The van der Waals surface area contributed by atoms with Crippen LogP contribution in [0, 0.1) is 22.7 Å². The van der Waals surface area contributed by atoms with E-state index in [-0.39, 0.29) is 10.8 Å². The van der Waals surface area contributed by atoms with Crippen LogP contribution in [0.2, 0.25) is 0 Å². The summed E-state index contributed by atoms with van der Waals surface area (Å²) in [4.78, 5) is 11.3.